The molecule has 4 heteroatoms. The lowest BCUT2D eigenvalue weighted by Crippen LogP contribution is -2.38. The molecule has 2 rings (SSSR count). The van der Waals surface area contributed by atoms with Crippen LogP contribution in [0.5, 0.6) is 0 Å². The van der Waals surface area contributed by atoms with Crippen molar-refractivity contribution in [2.24, 2.45) is 5.73 Å². The van der Waals surface area contributed by atoms with E-state index < -0.39 is 0 Å². The van der Waals surface area contributed by atoms with Gasteiger partial charge in [0.2, 0.25) is 5.91 Å². The highest BCUT2D eigenvalue weighted by Gasteiger charge is 2.14. The summed E-state index contributed by atoms with van der Waals surface area (Å²) in [5.74, 6) is -0.372. The molecular weight excluding hydrogens is 276 g/mol. The minimum atomic E-state index is -0.374. The molecule has 0 aromatic heterocycles. The van der Waals surface area contributed by atoms with E-state index in [1.807, 2.05) is 48.5 Å². The van der Waals surface area contributed by atoms with Crippen LogP contribution in [0, 0.1) is 0 Å². The van der Waals surface area contributed by atoms with E-state index in [4.69, 9.17) is 5.73 Å². The number of primary amides is 1. The second-order valence-corrected chi connectivity index (χ2v) is 5.23. The van der Waals surface area contributed by atoms with E-state index in [-0.39, 0.29) is 30.7 Å². The Hall–Kier alpha value is -2.46. The van der Waals surface area contributed by atoms with Crippen molar-refractivity contribution in [1.29, 1.82) is 0 Å². The summed E-state index contributed by atoms with van der Waals surface area (Å²) in [6.45, 7) is 0.189. The second kappa shape index (κ2) is 8.10. The van der Waals surface area contributed by atoms with Crippen LogP contribution in [0.1, 0.15) is 22.3 Å². The number of amides is 1. The predicted molar refractivity (Wildman–Crippen MR) is 86.5 cm³/mol. The zero-order valence-electron chi connectivity index (χ0n) is 12.4. The van der Waals surface area contributed by atoms with Gasteiger partial charge in [0.15, 0.2) is 5.78 Å². The second-order valence-electron chi connectivity index (χ2n) is 5.23. The number of nitrogens with one attached hydrogen (secondary N) is 1. The van der Waals surface area contributed by atoms with Crippen LogP contribution in [0.25, 0.3) is 0 Å². The Balaban J connectivity index is 1.95. The highest BCUT2D eigenvalue weighted by molar-refractivity contribution is 5.97. The summed E-state index contributed by atoms with van der Waals surface area (Å²) < 4.78 is 0. The van der Waals surface area contributed by atoms with Gasteiger partial charge in [0, 0.05) is 18.0 Å². The van der Waals surface area contributed by atoms with E-state index >= 15 is 0 Å². The highest BCUT2D eigenvalue weighted by Crippen LogP contribution is 2.06. The number of hydrogen-bond acceptors (Lipinski definition) is 3. The van der Waals surface area contributed by atoms with Gasteiger partial charge in [-0.25, -0.2) is 0 Å². The number of Topliss-reactive ketones (excluding diaryl/α,β-unsaturated/α-hetero) is 1. The lowest BCUT2D eigenvalue weighted by Gasteiger charge is -2.17. The van der Waals surface area contributed by atoms with E-state index in [0.717, 1.165) is 5.56 Å². The van der Waals surface area contributed by atoms with Crippen LogP contribution < -0.4 is 11.1 Å². The molecule has 1 atom stereocenters. The fourth-order valence-corrected chi connectivity index (χ4v) is 2.32. The first-order valence-electron chi connectivity index (χ1n) is 7.29. The van der Waals surface area contributed by atoms with Crippen molar-refractivity contribution in [3.63, 3.8) is 0 Å². The largest absolute Gasteiger partial charge is 0.370 e. The normalized spacial score (nSPS) is 11.8. The Kier molecular flexibility index (Phi) is 5.86. The van der Waals surface area contributed by atoms with Gasteiger partial charge in [-0.2, -0.15) is 0 Å². The van der Waals surface area contributed by atoms with Crippen molar-refractivity contribution in [3.8, 4) is 0 Å². The van der Waals surface area contributed by atoms with E-state index in [1.54, 1.807) is 12.1 Å². The van der Waals surface area contributed by atoms with Gasteiger partial charge in [-0.15, -0.1) is 0 Å². The van der Waals surface area contributed by atoms with Crippen LogP contribution in [0.15, 0.2) is 60.7 Å². The van der Waals surface area contributed by atoms with Crippen molar-refractivity contribution in [2.45, 2.75) is 18.9 Å². The van der Waals surface area contributed by atoms with Crippen LogP contribution in [-0.2, 0) is 11.2 Å². The molecule has 0 aliphatic rings. The maximum atomic E-state index is 12.1. The quantitative estimate of drug-likeness (QED) is 0.731. The predicted octanol–water partition coefficient (Wildman–Crippen LogP) is 1.95. The molecule has 22 heavy (non-hydrogen) atoms. The summed E-state index contributed by atoms with van der Waals surface area (Å²) in [7, 11) is 0. The topological polar surface area (TPSA) is 72.2 Å². The van der Waals surface area contributed by atoms with Crippen LogP contribution in [-0.4, -0.2) is 24.3 Å². The first-order chi connectivity index (χ1) is 10.6. The molecule has 4 nitrogen and oxygen atoms in total. The lowest BCUT2D eigenvalue weighted by atomic mass is 10.0. The minimum absolute atomic E-state index is 0.00290. The molecule has 1 amide bonds. The van der Waals surface area contributed by atoms with Crippen LogP contribution in [0.3, 0.4) is 0 Å². The van der Waals surface area contributed by atoms with Gasteiger partial charge in [0.25, 0.3) is 0 Å². The summed E-state index contributed by atoms with van der Waals surface area (Å²) in [5.41, 5.74) is 7.07. The van der Waals surface area contributed by atoms with Gasteiger partial charge in [-0.3, -0.25) is 9.59 Å². The van der Waals surface area contributed by atoms with Crippen molar-refractivity contribution in [1.82, 2.24) is 5.32 Å². The first-order valence-corrected chi connectivity index (χ1v) is 7.29. The van der Waals surface area contributed by atoms with Crippen LogP contribution in [0.4, 0.5) is 0 Å². The van der Waals surface area contributed by atoms with E-state index in [2.05, 4.69) is 5.32 Å². The van der Waals surface area contributed by atoms with Gasteiger partial charge < -0.3 is 11.1 Å². The molecule has 2 aromatic rings. The molecule has 0 aliphatic carbocycles. The maximum absolute atomic E-state index is 12.1. The summed E-state index contributed by atoms with van der Waals surface area (Å²) in [6.07, 6.45) is 0.864. The number of nitrogens with two attached hydrogens (primary N) is 1. The molecule has 0 unspecified atom stereocenters. The fourth-order valence-electron chi connectivity index (χ4n) is 2.32. The molecule has 0 radical (unpaired) electrons. The first kappa shape index (κ1) is 15.9. The van der Waals surface area contributed by atoms with Crippen molar-refractivity contribution in [3.05, 3.63) is 71.8 Å². The smallest absolute Gasteiger partial charge is 0.218 e. The third-order valence-corrected chi connectivity index (χ3v) is 3.42. The van der Waals surface area contributed by atoms with Gasteiger partial charge in [-0.1, -0.05) is 60.7 Å². The Morgan fingerprint density at radius 3 is 2.14 bits per heavy atom. The molecule has 0 spiro atoms. The molecule has 2 aromatic carbocycles. The monoisotopic (exact) mass is 296 g/mol. The van der Waals surface area contributed by atoms with Crippen LogP contribution in [0.2, 0.25) is 0 Å². The van der Waals surface area contributed by atoms with Gasteiger partial charge >= 0.3 is 0 Å². The Labute approximate surface area is 130 Å². The summed E-state index contributed by atoms with van der Waals surface area (Å²) in [5, 5.41) is 3.15. The molecule has 0 saturated heterocycles. The summed E-state index contributed by atoms with van der Waals surface area (Å²) in [6, 6.07) is 18.8. The number of carbonyl (C=O) groups excluding carboxylic acids is 2. The van der Waals surface area contributed by atoms with E-state index in [9.17, 15) is 9.59 Å². The average Bonchev–Trinajstić information content (AvgIpc) is 2.53. The zero-order chi connectivity index (χ0) is 15.8. The van der Waals surface area contributed by atoms with E-state index in [0.29, 0.717) is 12.0 Å². The number of carbonyl (C=O) groups is 2. The molecule has 0 fully saturated rings. The molecular formula is C18H20N2O2. The number of benzene rings is 2. The molecule has 3 N–H and O–H groups in total. The van der Waals surface area contributed by atoms with Gasteiger partial charge in [-0.05, 0) is 12.0 Å². The molecule has 0 heterocycles. The fraction of sp³-hybridized carbons (Fsp3) is 0.222. The number of rotatable bonds is 8. The number of hydrogen-bond donors (Lipinski definition) is 2. The van der Waals surface area contributed by atoms with Gasteiger partial charge in [0.05, 0.1) is 6.54 Å². The van der Waals surface area contributed by atoms with E-state index in [1.165, 1.54) is 0 Å². The standard InChI is InChI=1S/C18H20N2O2/c19-18(22)12-16(11-14-7-3-1-4-8-14)20-13-17(21)15-9-5-2-6-10-15/h1-10,16,20H,11-13H2,(H2,19,22)/t16-/m0/s1. The average molecular weight is 296 g/mol. The number of ketones is 1. The maximum Gasteiger partial charge on any atom is 0.218 e. The zero-order valence-corrected chi connectivity index (χ0v) is 12.4. The van der Waals surface area contributed by atoms with Crippen molar-refractivity contribution in [2.75, 3.05) is 6.54 Å². The van der Waals surface area contributed by atoms with Crippen molar-refractivity contribution >= 4 is 11.7 Å². The Morgan fingerprint density at radius 1 is 0.955 bits per heavy atom. The summed E-state index contributed by atoms with van der Waals surface area (Å²) >= 11 is 0. The molecule has 114 valence electrons. The van der Waals surface area contributed by atoms with Crippen LogP contribution >= 0.6 is 0 Å². The molecule has 0 aliphatic heterocycles. The Morgan fingerprint density at radius 2 is 1.55 bits per heavy atom. The SMILES string of the molecule is NC(=O)C[C@H](Cc1ccccc1)NCC(=O)c1ccccc1. The Bertz CT molecular complexity index is 611. The molecule has 0 saturated carbocycles. The van der Waals surface area contributed by atoms with Crippen molar-refractivity contribution < 1.29 is 9.59 Å². The summed E-state index contributed by atoms with van der Waals surface area (Å²) in [4.78, 5) is 23.3. The third kappa shape index (κ3) is 5.14. The third-order valence-electron chi connectivity index (χ3n) is 3.42. The molecule has 0 bridgehead atoms. The highest BCUT2D eigenvalue weighted by atomic mass is 16.1. The lowest BCUT2D eigenvalue weighted by molar-refractivity contribution is -0.118. The van der Waals surface area contributed by atoms with Gasteiger partial charge in [0.1, 0.15) is 0 Å². The minimum Gasteiger partial charge on any atom is -0.370 e.